The van der Waals surface area contributed by atoms with Gasteiger partial charge in [-0.1, -0.05) is 36.4 Å². The summed E-state index contributed by atoms with van der Waals surface area (Å²) in [4.78, 5) is 0. The van der Waals surface area contributed by atoms with Crippen LogP contribution in [0.3, 0.4) is 0 Å². The summed E-state index contributed by atoms with van der Waals surface area (Å²) in [6.07, 6.45) is 0. The highest BCUT2D eigenvalue weighted by Crippen LogP contribution is 2.34. The van der Waals surface area contributed by atoms with Crippen molar-refractivity contribution >= 4 is 29.3 Å². The molecule has 1 heterocycles. The molecular weight excluding hydrogens is 324 g/mol. The van der Waals surface area contributed by atoms with Gasteiger partial charge in [-0.15, -0.1) is 0 Å². The number of hydrogen-bond acceptors (Lipinski definition) is 2. The summed E-state index contributed by atoms with van der Waals surface area (Å²) in [5.74, 6) is 0. The number of nitrogens with zero attached hydrogens (tertiary/aromatic N) is 2. The first-order valence-electron chi connectivity index (χ1n) is 9.24. The molecule has 2 aromatic carbocycles. The summed E-state index contributed by atoms with van der Waals surface area (Å²) in [6, 6.07) is 23.3. The molecule has 4 heteroatoms. The van der Waals surface area contributed by atoms with Gasteiger partial charge in [0, 0.05) is 23.5 Å². The smallest absolute Gasteiger partial charge is 0.138 e. The molecule has 2 aromatic rings. The van der Waals surface area contributed by atoms with Gasteiger partial charge in [-0.25, -0.2) is 0 Å². The maximum atomic E-state index is 2.77. The Morgan fingerprint density at radius 2 is 0.958 bits per heavy atom. The summed E-state index contributed by atoms with van der Waals surface area (Å²) in [6.45, 7) is 9.41. The van der Waals surface area contributed by atoms with Gasteiger partial charge in [-0.3, -0.25) is 0 Å². The van der Waals surface area contributed by atoms with E-state index in [0.29, 0.717) is 12.1 Å². The van der Waals surface area contributed by atoms with Gasteiger partial charge in [0.2, 0.25) is 0 Å². The maximum Gasteiger partial charge on any atom is 0.138 e. The van der Waals surface area contributed by atoms with Crippen molar-refractivity contribution in [3.63, 3.8) is 0 Å². The second-order valence-electron chi connectivity index (χ2n) is 7.45. The fourth-order valence-electron chi connectivity index (χ4n) is 4.07. The Bertz CT molecular complexity index is 569. The Morgan fingerprint density at radius 3 is 1.25 bits per heavy atom. The molecule has 2 nitrogen and oxygen atoms in total. The second-order valence-corrected chi connectivity index (χ2v) is 15.0. The Morgan fingerprint density at radius 1 is 0.625 bits per heavy atom. The van der Waals surface area contributed by atoms with Crippen molar-refractivity contribution in [2.75, 3.05) is 9.13 Å². The lowest BCUT2D eigenvalue weighted by Gasteiger charge is -2.50. The molecule has 0 unspecified atom stereocenters. The van der Waals surface area contributed by atoms with E-state index in [1.54, 1.807) is 0 Å². The van der Waals surface area contributed by atoms with Gasteiger partial charge >= 0.3 is 0 Å². The van der Waals surface area contributed by atoms with Crippen LogP contribution in [0.15, 0.2) is 60.7 Å². The molecule has 1 saturated heterocycles. The monoisotopic (exact) mass is 354 g/mol. The number of rotatable bonds is 6. The van der Waals surface area contributed by atoms with Crippen molar-refractivity contribution in [2.24, 2.45) is 0 Å². The maximum absolute atomic E-state index is 2.77. The topological polar surface area (TPSA) is 6.48 Å². The van der Waals surface area contributed by atoms with Crippen LogP contribution in [0.25, 0.3) is 0 Å². The lowest BCUT2D eigenvalue weighted by molar-refractivity contribution is 0.795. The van der Waals surface area contributed by atoms with Gasteiger partial charge in [-0.05, 0) is 63.3 Å². The average Bonchev–Trinajstić information content (AvgIpc) is 2.54. The van der Waals surface area contributed by atoms with Crippen molar-refractivity contribution < 1.29 is 0 Å². The minimum absolute atomic E-state index is 0.614. The summed E-state index contributed by atoms with van der Waals surface area (Å²) in [5, 5.41) is 0. The SMILES string of the molecule is CC(C)N(c1ccccc1)[SiH]1C[SiH](N(c2ccccc2)C(C)C)C1. The predicted molar refractivity (Wildman–Crippen MR) is 112 cm³/mol. The van der Waals surface area contributed by atoms with Gasteiger partial charge < -0.3 is 9.13 Å². The summed E-state index contributed by atoms with van der Waals surface area (Å²) in [5.41, 5.74) is 5.90. The molecular formula is C20H30N2Si2. The molecule has 1 fully saturated rings. The molecule has 0 aromatic heterocycles. The number of anilines is 2. The Balaban J connectivity index is 1.73. The van der Waals surface area contributed by atoms with Crippen LogP contribution in [0.2, 0.25) is 11.3 Å². The van der Waals surface area contributed by atoms with Crippen LogP contribution in [0.4, 0.5) is 11.4 Å². The summed E-state index contributed by atoms with van der Waals surface area (Å²) in [7, 11) is -1.65. The summed E-state index contributed by atoms with van der Waals surface area (Å²) < 4.78 is 5.54. The first kappa shape index (κ1) is 17.3. The molecule has 0 spiro atoms. The molecule has 0 atom stereocenters. The third-order valence-corrected chi connectivity index (χ3v) is 17.2. The van der Waals surface area contributed by atoms with Crippen molar-refractivity contribution in [2.45, 2.75) is 51.1 Å². The molecule has 1 aliphatic heterocycles. The van der Waals surface area contributed by atoms with Gasteiger partial charge in [0.25, 0.3) is 0 Å². The highest BCUT2D eigenvalue weighted by atomic mass is 28.4. The van der Waals surface area contributed by atoms with E-state index in [9.17, 15) is 0 Å². The Hall–Kier alpha value is -1.53. The molecule has 128 valence electrons. The van der Waals surface area contributed by atoms with Crippen molar-refractivity contribution in [3.05, 3.63) is 60.7 Å². The van der Waals surface area contributed by atoms with E-state index < -0.39 is 17.9 Å². The fourth-order valence-corrected chi connectivity index (χ4v) is 15.1. The second kappa shape index (κ2) is 7.57. The third-order valence-electron chi connectivity index (χ3n) is 5.10. The minimum atomic E-state index is -0.826. The van der Waals surface area contributed by atoms with Crippen LogP contribution in [-0.4, -0.2) is 30.0 Å². The third kappa shape index (κ3) is 3.59. The van der Waals surface area contributed by atoms with E-state index in [1.165, 1.54) is 22.7 Å². The van der Waals surface area contributed by atoms with Gasteiger partial charge in [0.05, 0.1) is 0 Å². The van der Waals surface area contributed by atoms with E-state index in [4.69, 9.17) is 0 Å². The largest absolute Gasteiger partial charge is 0.399 e. The number of hydrogen-bond donors (Lipinski definition) is 0. The zero-order valence-electron chi connectivity index (χ0n) is 15.4. The number of para-hydroxylation sites is 2. The van der Waals surface area contributed by atoms with Crippen LogP contribution < -0.4 is 9.13 Å². The van der Waals surface area contributed by atoms with Crippen LogP contribution in [0.1, 0.15) is 27.7 Å². The Labute approximate surface area is 150 Å². The lowest BCUT2D eigenvalue weighted by Crippen LogP contribution is -2.62. The zero-order chi connectivity index (χ0) is 17.1. The molecule has 3 rings (SSSR count). The lowest BCUT2D eigenvalue weighted by atomic mass is 10.3. The minimum Gasteiger partial charge on any atom is -0.399 e. The van der Waals surface area contributed by atoms with Crippen LogP contribution in [-0.2, 0) is 0 Å². The van der Waals surface area contributed by atoms with Crippen molar-refractivity contribution in [1.82, 2.24) is 0 Å². The van der Waals surface area contributed by atoms with E-state index in [0.717, 1.165) is 0 Å². The highest BCUT2D eigenvalue weighted by Gasteiger charge is 2.42. The molecule has 0 bridgehead atoms. The standard InChI is InChI=1S/C20H30N2Si2/c1-17(2)21(19-11-7-5-8-12-19)23-15-24(16-23)22(18(3)4)20-13-9-6-10-14-20/h5-14,17-18,23-24H,15-16H2,1-4H3. The molecule has 0 radical (unpaired) electrons. The average molecular weight is 355 g/mol. The van der Waals surface area contributed by atoms with Gasteiger partial charge in [0.1, 0.15) is 17.9 Å². The first-order chi connectivity index (χ1) is 11.6. The molecule has 0 amide bonds. The van der Waals surface area contributed by atoms with E-state index >= 15 is 0 Å². The first-order valence-corrected chi connectivity index (χ1v) is 13.5. The van der Waals surface area contributed by atoms with E-state index in [2.05, 4.69) is 97.5 Å². The zero-order valence-corrected chi connectivity index (χ0v) is 17.7. The number of benzene rings is 2. The van der Waals surface area contributed by atoms with E-state index in [1.807, 2.05) is 0 Å². The van der Waals surface area contributed by atoms with Crippen LogP contribution >= 0.6 is 0 Å². The molecule has 0 saturated carbocycles. The summed E-state index contributed by atoms with van der Waals surface area (Å²) >= 11 is 0. The van der Waals surface area contributed by atoms with Crippen molar-refractivity contribution in [1.29, 1.82) is 0 Å². The fraction of sp³-hybridized carbons (Fsp3) is 0.400. The van der Waals surface area contributed by atoms with E-state index in [-0.39, 0.29) is 0 Å². The predicted octanol–water partition coefficient (Wildman–Crippen LogP) is 4.36. The van der Waals surface area contributed by atoms with Gasteiger partial charge in [-0.2, -0.15) is 0 Å². The Kier molecular flexibility index (Phi) is 5.46. The molecule has 0 N–H and O–H groups in total. The molecule has 1 aliphatic rings. The normalized spacial score (nSPS) is 20.1. The highest BCUT2D eigenvalue weighted by molar-refractivity contribution is 6.98. The van der Waals surface area contributed by atoms with Gasteiger partial charge in [0.15, 0.2) is 0 Å². The van der Waals surface area contributed by atoms with Crippen molar-refractivity contribution in [3.8, 4) is 0 Å². The molecule has 24 heavy (non-hydrogen) atoms. The van der Waals surface area contributed by atoms with Crippen LogP contribution in [0.5, 0.6) is 0 Å². The van der Waals surface area contributed by atoms with Crippen LogP contribution in [0, 0.1) is 0 Å². The molecule has 0 aliphatic carbocycles. The quantitative estimate of drug-likeness (QED) is 0.711.